The first kappa shape index (κ1) is 18.0. The van der Waals surface area contributed by atoms with Gasteiger partial charge in [0.25, 0.3) is 0 Å². The van der Waals surface area contributed by atoms with E-state index < -0.39 is 8.07 Å². The van der Waals surface area contributed by atoms with Crippen LogP contribution >= 0.6 is 0 Å². The molecule has 0 spiro atoms. The lowest BCUT2D eigenvalue weighted by Gasteiger charge is -2.26. The number of likely N-dealkylation sites (tertiary alicyclic amines) is 1. The summed E-state index contributed by atoms with van der Waals surface area (Å²) in [6.45, 7) is 13.2. The molecule has 25 heavy (non-hydrogen) atoms. The molecule has 1 aliphatic rings. The van der Waals surface area contributed by atoms with Crippen LogP contribution < -0.4 is 5.32 Å². The zero-order chi connectivity index (χ0) is 17.9. The standard InChI is InChI=1S/C19H29N5Si/c1-16-14-21-19-18(20-9-12-23-10-6-5-7-11-23)22-17(15-24(16)19)8-13-25(2,3)4/h14-15H,5-7,9-12H2,1-4H3,(H,20,22). The molecule has 3 rings (SSSR count). The van der Waals surface area contributed by atoms with Gasteiger partial charge in [-0.3, -0.25) is 4.40 Å². The number of hydrogen-bond acceptors (Lipinski definition) is 4. The van der Waals surface area contributed by atoms with Crippen LogP contribution in [-0.2, 0) is 0 Å². The Labute approximate surface area is 151 Å². The van der Waals surface area contributed by atoms with Crippen molar-refractivity contribution in [2.75, 3.05) is 31.5 Å². The van der Waals surface area contributed by atoms with Gasteiger partial charge in [-0.25, -0.2) is 9.97 Å². The third-order valence-corrected chi connectivity index (χ3v) is 5.29. The number of fused-ring (bicyclic) bond motifs is 1. The Balaban J connectivity index is 1.78. The van der Waals surface area contributed by atoms with Crippen molar-refractivity contribution in [2.45, 2.75) is 45.8 Å². The number of imidazole rings is 1. The first-order valence-corrected chi connectivity index (χ1v) is 12.8. The average molecular weight is 356 g/mol. The van der Waals surface area contributed by atoms with E-state index in [0.717, 1.165) is 35.9 Å². The van der Waals surface area contributed by atoms with Crippen LogP contribution in [0.15, 0.2) is 12.4 Å². The Morgan fingerprint density at radius 1 is 1.20 bits per heavy atom. The lowest BCUT2D eigenvalue weighted by Crippen LogP contribution is -2.33. The second-order valence-electron chi connectivity index (χ2n) is 7.90. The second kappa shape index (κ2) is 7.59. The molecular weight excluding hydrogens is 326 g/mol. The first-order valence-electron chi connectivity index (χ1n) is 9.26. The lowest BCUT2D eigenvalue weighted by molar-refractivity contribution is 0.237. The molecular formula is C19H29N5Si. The third-order valence-electron chi connectivity index (χ3n) is 4.41. The molecule has 1 N–H and O–H groups in total. The summed E-state index contributed by atoms with van der Waals surface area (Å²) in [6.07, 6.45) is 7.91. The van der Waals surface area contributed by atoms with Crippen LogP contribution in [0.25, 0.3) is 5.65 Å². The number of nitrogens with one attached hydrogen (secondary N) is 1. The van der Waals surface area contributed by atoms with Crippen molar-refractivity contribution in [3.8, 4) is 11.5 Å². The monoisotopic (exact) mass is 355 g/mol. The topological polar surface area (TPSA) is 45.5 Å². The second-order valence-corrected chi connectivity index (χ2v) is 12.6. The molecule has 0 saturated carbocycles. The van der Waals surface area contributed by atoms with Gasteiger partial charge >= 0.3 is 0 Å². The fourth-order valence-electron chi connectivity index (χ4n) is 3.05. The van der Waals surface area contributed by atoms with Crippen molar-refractivity contribution >= 4 is 19.5 Å². The summed E-state index contributed by atoms with van der Waals surface area (Å²) in [5.41, 5.74) is 6.21. The zero-order valence-electron chi connectivity index (χ0n) is 15.9. The van der Waals surface area contributed by atoms with Gasteiger partial charge in [0.05, 0.1) is 0 Å². The molecule has 0 radical (unpaired) electrons. The lowest BCUT2D eigenvalue weighted by atomic mass is 10.1. The zero-order valence-corrected chi connectivity index (χ0v) is 16.9. The molecule has 0 amide bonds. The van der Waals surface area contributed by atoms with E-state index in [2.05, 4.69) is 57.6 Å². The fourth-order valence-corrected chi connectivity index (χ4v) is 3.55. The summed E-state index contributed by atoms with van der Waals surface area (Å²) < 4.78 is 2.09. The molecule has 1 saturated heterocycles. The van der Waals surface area contributed by atoms with Gasteiger partial charge in [0, 0.05) is 31.2 Å². The number of nitrogens with zero attached hydrogens (tertiary/aromatic N) is 4. The number of rotatable bonds is 4. The normalized spacial score (nSPS) is 15.8. The largest absolute Gasteiger partial charge is 0.366 e. The summed E-state index contributed by atoms with van der Waals surface area (Å²) >= 11 is 0. The van der Waals surface area contributed by atoms with Crippen LogP contribution in [0, 0.1) is 18.4 Å². The minimum absolute atomic E-state index is 0.816. The van der Waals surface area contributed by atoms with E-state index in [0.29, 0.717) is 0 Å². The maximum Gasteiger partial charge on any atom is 0.180 e. The molecule has 0 aromatic carbocycles. The number of hydrogen-bond donors (Lipinski definition) is 1. The molecule has 2 aromatic heterocycles. The van der Waals surface area contributed by atoms with Gasteiger partial charge in [-0.05, 0) is 32.9 Å². The number of piperidine rings is 1. The molecule has 5 nitrogen and oxygen atoms in total. The minimum atomic E-state index is -1.42. The Bertz CT molecular complexity index is 788. The predicted molar refractivity (Wildman–Crippen MR) is 107 cm³/mol. The minimum Gasteiger partial charge on any atom is -0.366 e. The van der Waals surface area contributed by atoms with Crippen molar-refractivity contribution < 1.29 is 0 Å². The molecule has 2 aromatic rings. The van der Waals surface area contributed by atoms with E-state index in [4.69, 9.17) is 4.98 Å². The summed E-state index contributed by atoms with van der Waals surface area (Å²) in [7, 11) is -1.42. The predicted octanol–water partition coefficient (Wildman–Crippen LogP) is 3.16. The highest BCUT2D eigenvalue weighted by Gasteiger charge is 2.12. The van der Waals surface area contributed by atoms with Crippen LogP contribution in [0.5, 0.6) is 0 Å². The molecule has 0 atom stereocenters. The van der Waals surface area contributed by atoms with Crippen molar-refractivity contribution in [3.05, 3.63) is 23.8 Å². The van der Waals surface area contributed by atoms with Crippen molar-refractivity contribution in [3.63, 3.8) is 0 Å². The molecule has 1 aliphatic heterocycles. The van der Waals surface area contributed by atoms with Gasteiger partial charge in [0.1, 0.15) is 13.8 Å². The molecule has 3 heterocycles. The Hall–Kier alpha value is -1.84. The maximum atomic E-state index is 4.74. The van der Waals surface area contributed by atoms with E-state index in [1.165, 1.54) is 32.4 Å². The SMILES string of the molecule is Cc1cnc2c(NCCN3CCCCC3)nc(C#C[Si](C)(C)C)cn12. The highest BCUT2D eigenvalue weighted by atomic mass is 28.3. The number of aryl methyl sites for hydroxylation is 1. The highest BCUT2D eigenvalue weighted by Crippen LogP contribution is 2.16. The van der Waals surface area contributed by atoms with E-state index in [-0.39, 0.29) is 0 Å². The molecule has 1 fully saturated rings. The summed E-state index contributed by atoms with van der Waals surface area (Å²) in [6, 6.07) is 0. The maximum absolute atomic E-state index is 4.74. The van der Waals surface area contributed by atoms with Crippen LogP contribution in [0.2, 0.25) is 19.6 Å². The number of aromatic nitrogens is 3. The Kier molecular flexibility index (Phi) is 5.45. The first-order chi connectivity index (χ1) is 11.9. The molecule has 6 heteroatoms. The van der Waals surface area contributed by atoms with Crippen LogP contribution in [0.1, 0.15) is 30.7 Å². The van der Waals surface area contributed by atoms with Gasteiger partial charge in [0.2, 0.25) is 0 Å². The quantitative estimate of drug-likeness (QED) is 0.676. The van der Waals surface area contributed by atoms with Crippen LogP contribution in [0.4, 0.5) is 5.82 Å². The summed E-state index contributed by atoms with van der Waals surface area (Å²) in [4.78, 5) is 11.8. The summed E-state index contributed by atoms with van der Waals surface area (Å²) in [5, 5.41) is 3.49. The van der Waals surface area contributed by atoms with Crippen molar-refractivity contribution in [2.24, 2.45) is 0 Å². The Morgan fingerprint density at radius 3 is 2.68 bits per heavy atom. The molecule has 0 unspecified atom stereocenters. The molecule has 134 valence electrons. The summed E-state index contributed by atoms with van der Waals surface area (Å²) in [5.74, 6) is 4.12. The van der Waals surface area contributed by atoms with Crippen molar-refractivity contribution in [1.29, 1.82) is 0 Å². The van der Waals surface area contributed by atoms with Gasteiger partial charge in [-0.2, -0.15) is 0 Å². The number of anilines is 1. The van der Waals surface area contributed by atoms with E-state index in [1.807, 2.05) is 12.4 Å². The van der Waals surface area contributed by atoms with E-state index in [9.17, 15) is 0 Å². The van der Waals surface area contributed by atoms with E-state index >= 15 is 0 Å². The van der Waals surface area contributed by atoms with E-state index in [1.54, 1.807) is 0 Å². The van der Waals surface area contributed by atoms with Crippen LogP contribution in [-0.4, -0.2) is 53.5 Å². The van der Waals surface area contributed by atoms with Crippen molar-refractivity contribution in [1.82, 2.24) is 19.3 Å². The highest BCUT2D eigenvalue weighted by molar-refractivity contribution is 6.83. The van der Waals surface area contributed by atoms with Gasteiger partial charge in [-0.15, -0.1) is 5.54 Å². The van der Waals surface area contributed by atoms with Crippen LogP contribution in [0.3, 0.4) is 0 Å². The average Bonchev–Trinajstić information content (AvgIpc) is 2.95. The molecule has 0 aliphatic carbocycles. The van der Waals surface area contributed by atoms with Gasteiger partial charge < -0.3 is 10.2 Å². The smallest absolute Gasteiger partial charge is 0.180 e. The van der Waals surface area contributed by atoms with Gasteiger partial charge in [-0.1, -0.05) is 32.0 Å². The molecule has 0 bridgehead atoms. The Morgan fingerprint density at radius 2 is 1.96 bits per heavy atom. The van der Waals surface area contributed by atoms with Gasteiger partial charge in [0.15, 0.2) is 11.5 Å². The third kappa shape index (κ3) is 4.83. The fraction of sp³-hybridized carbons (Fsp3) is 0.579.